The predicted octanol–water partition coefficient (Wildman–Crippen LogP) is 5.31. The molecule has 4 aromatic rings. The summed E-state index contributed by atoms with van der Waals surface area (Å²) in [5, 5.41) is 13.2. The van der Waals surface area contributed by atoms with Crippen LogP contribution in [0.15, 0.2) is 83.4 Å². The number of aromatic nitrogens is 2. The molecule has 0 bridgehead atoms. The number of amides is 1. The summed E-state index contributed by atoms with van der Waals surface area (Å²) in [5.41, 5.74) is 4.63. The Kier molecular flexibility index (Phi) is 5.33. The van der Waals surface area contributed by atoms with Crippen molar-refractivity contribution in [2.75, 3.05) is 7.11 Å². The van der Waals surface area contributed by atoms with E-state index in [1.54, 1.807) is 30.4 Å². The largest absolute Gasteiger partial charge is 0.497 e. The summed E-state index contributed by atoms with van der Waals surface area (Å²) in [6.07, 6.45) is 2.63. The summed E-state index contributed by atoms with van der Waals surface area (Å²) in [6.45, 7) is 1.55. The van der Waals surface area contributed by atoms with E-state index < -0.39 is 0 Å². The maximum atomic E-state index is 12.6. The average molecular weight is 443 g/mol. The molecule has 7 heteroatoms. The molecule has 1 aliphatic rings. The topological polar surface area (TPSA) is 59.7 Å². The van der Waals surface area contributed by atoms with Crippen LogP contribution in [0.25, 0.3) is 16.3 Å². The summed E-state index contributed by atoms with van der Waals surface area (Å²) in [5.74, 6) is 0.664. The van der Waals surface area contributed by atoms with E-state index in [0.717, 1.165) is 38.8 Å². The van der Waals surface area contributed by atoms with Crippen LogP contribution >= 0.6 is 11.3 Å². The molecule has 0 saturated heterocycles. The van der Waals surface area contributed by atoms with Gasteiger partial charge in [0.2, 0.25) is 5.91 Å². The molecule has 1 amide bonds. The van der Waals surface area contributed by atoms with Gasteiger partial charge in [-0.15, -0.1) is 11.3 Å². The van der Waals surface area contributed by atoms with Crippen LogP contribution in [0.3, 0.4) is 0 Å². The number of hydrogen-bond donors (Lipinski definition) is 0. The van der Waals surface area contributed by atoms with Gasteiger partial charge in [0.15, 0.2) is 0 Å². The number of benzene rings is 2. The third kappa shape index (κ3) is 3.71. The van der Waals surface area contributed by atoms with Crippen molar-refractivity contribution in [1.29, 1.82) is 0 Å². The highest BCUT2D eigenvalue weighted by Crippen LogP contribution is 2.39. The van der Waals surface area contributed by atoms with Crippen LogP contribution in [0, 0.1) is 0 Å². The number of thiophene rings is 1. The molecule has 0 N–H and O–H groups in total. The van der Waals surface area contributed by atoms with Crippen LogP contribution in [-0.2, 0) is 4.79 Å². The number of carbonyl (C=O) groups excluding carboxylic acids is 1. The first kappa shape index (κ1) is 20.2. The Bertz CT molecular complexity index is 1280. The second-order valence-corrected chi connectivity index (χ2v) is 8.50. The van der Waals surface area contributed by atoms with E-state index in [2.05, 4.69) is 6.07 Å². The molecular formula is C25H22N4O2S. The zero-order valence-electron chi connectivity index (χ0n) is 17.8. The maximum absolute atomic E-state index is 12.6. The molecular weight excluding hydrogens is 420 g/mol. The molecule has 5 rings (SSSR count). The first-order valence-electron chi connectivity index (χ1n) is 10.3. The lowest BCUT2D eigenvalue weighted by Crippen LogP contribution is -2.24. The minimum Gasteiger partial charge on any atom is -0.497 e. The van der Waals surface area contributed by atoms with Crippen molar-refractivity contribution in [3.05, 3.63) is 89.4 Å². The van der Waals surface area contributed by atoms with Crippen molar-refractivity contribution in [2.24, 2.45) is 5.10 Å². The van der Waals surface area contributed by atoms with Gasteiger partial charge in [-0.1, -0.05) is 36.4 Å². The van der Waals surface area contributed by atoms with E-state index in [-0.39, 0.29) is 11.9 Å². The fourth-order valence-electron chi connectivity index (χ4n) is 3.97. The van der Waals surface area contributed by atoms with Gasteiger partial charge in [-0.25, -0.2) is 9.69 Å². The zero-order valence-corrected chi connectivity index (χ0v) is 18.6. The SMILES string of the molecule is COc1cccc(C2=NN(C(C)=O)C(c3cn(-c4ccccc4)nc3-c3cccs3)C2)c1. The average Bonchev–Trinajstić information content (AvgIpc) is 3.58. The second-order valence-electron chi connectivity index (χ2n) is 7.55. The highest BCUT2D eigenvalue weighted by Gasteiger charge is 2.35. The Morgan fingerprint density at radius 3 is 2.66 bits per heavy atom. The lowest BCUT2D eigenvalue weighted by Gasteiger charge is -2.19. The molecule has 0 aliphatic carbocycles. The van der Waals surface area contributed by atoms with E-state index in [1.165, 1.54) is 0 Å². The summed E-state index contributed by atoms with van der Waals surface area (Å²) < 4.78 is 7.25. The Hall–Kier alpha value is -3.71. The second kappa shape index (κ2) is 8.43. The zero-order chi connectivity index (χ0) is 22.1. The van der Waals surface area contributed by atoms with Crippen molar-refractivity contribution in [3.63, 3.8) is 0 Å². The minimum absolute atomic E-state index is 0.0995. The van der Waals surface area contributed by atoms with Crippen molar-refractivity contribution in [2.45, 2.75) is 19.4 Å². The van der Waals surface area contributed by atoms with Gasteiger partial charge in [-0.3, -0.25) is 4.79 Å². The van der Waals surface area contributed by atoms with E-state index >= 15 is 0 Å². The van der Waals surface area contributed by atoms with Crippen LogP contribution in [0.2, 0.25) is 0 Å². The summed E-state index contributed by atoms with van der Waals surface area (Å²) in [7, 11) is 1.64. The molecule has 160 valence electrons. The molecule has 2 aromatic heterocycles. The Morgan fingerprint density at radius 1 is 1.09 bits per heavy atom. The number of nitrogens with zero attached hydrogens (tertiary/aromatic N) is 4. The summed E-state index contributed by atoms with van der Waals surface area (Å²) in [6, 6.07) is 21.6. The van der Waals surface area contributed by atoms with Crippen LogP contribution in [0.1, 0.15) is 30.5 Å². The van der Waals surface area contributed by atoms with Gasteiger partial charge in [0, 0.05) is 30.7 Å². The normalized spacial score (nSPS) is 15.6. The first-order chi connectivity index (χ1) is 15.6. The summed E-state index contributed by atoms with van der Waals surface area (Å²) >= 11 is 1.64. The highest BCUT2D eigenvalue weighted by atomic mass is 32.1. The van der Waals surface area contributed by atoms with Gasteiger partial charge in [0.1, 0.15) is 11.4 Å². The van der Waals surface area contributed by atoms with Crippen molar-refractivity contribution < 1.29 is 9.53 Å². The van der Waals surface area contributed by atoms with E-state index in [1.807, 2.05) is 76.9 Å². The lowest BCUT2D eigenvalue weighted by molar-refractivity contribution is -0.130. The molecule has 0 fully saturated rings. The van der Waals surface area contributed by atoms with Crippen molar-refractivity contribution >= 4 is 23.0 Å². The quantitative estimate of drug-likeness (QED) is 0.421. The number of para-hydroxylation sites is 1. The molecule has 2 aromatic carbocycles. The highest BCUT2D eigenvalue weighted by molar-refractivity contribution is 7.13. The molecule has 0 spiro atoms. The number of hydrogen-bond acceptors (Lipinski definition) is 5. The van der Waals surface area contributed by atoms with Crippen LogP contribution in [0.4, 0.5) is 0 Å². The van der Waals surface area contributed by atoms with Gasteiger partial charge in [-0.2, -0.15) is 10.2 Å². The summed E-state index contributed by atoms with van der Waals surface area (Å²) in [4.78, 5) is 13.6. The molecule has 0 saturated carbocycles. The monoisotopic (exact) mass is 442 g/mol. The number of carbonyl (C=O) groups is 1. The smallest absolute Gasteiger partial charge is 0.240 e. The predicted molar refractivity (Wildman–Crippen MR) is 126 cm³/mol. The van der Waals surface area contributed by atoms with Gasteiger partial charge in [0.05, 0.1) is 29.4 Å². The fourth-order valence-corrected chi connectivity index (χ4v) is 4.70. The Morgan fingerprint density at radius 2 is 1.94 bits per heavy atom. The third-order valence-electron chi connectivity index (χ3n) is 5.51. The van der Waals surface area contributed by atoms with Crippen molar-refractivity contribution in [3.8, 4) is 22.0 Å². The molecule has 32 heavy (non-hydrogen) atoms. The van der Waals surface area contributed by atoms with E-state index in [4.69, 9.17) is 14.9 Å². The Labute approximate surface area is 190 Å². The van der Waals surface area contributed by atoms with Gasteiger partial charge in [-0.05, 0) is 35.7 Å². The molecule has 1 aliphatic heterocycles. The van der Waals surface area contributed by atoms with Gasteiger partial charge in [0.25, 0.3) is 0 Å². The number of methoxy groups -OCH3 is 1. The van der Waals surface area contributed by atoms with Crippen LogP contribution in [-0.4, -0.2) is 33.5 Å². The molecule has 3 heterocycles. The first-order valence-corrected chi connectivity index (χ1v) is 11.2. The molecule has 6 nitrogen and oxygen atoms in total. The Balaban J connectivity index is 1.58. The van der Waals surface area contributed by atoms with E-state index in [0.29, 0.717) is 6.42 Å². The van der Waals surface area contributed by atoms with Crippen molar-refractivity contribution in [1.82, 2.24) is 14.8 Å². The molecule has 1 atom stereocenters. The number of hydrazone groups is 1. The maximum Gasteiger partial charge on any atom is 0.240 e. The van der Waals surface area contributed by atoms with Gasteiger partial charge < -0.3 is 4.74 Å². The third-order valence-corrected chi connectivity index (χ3v) is 6.39. The number of ether oxygens (including phenoxy) is 1. The molecule has 1 unspecified atom stereocenters. The van der Waals surface area contributed by atoms with Gasteiger partial charge >= 0.3 is 0 Å². The van der Waals surface area contributed by atoms with E-state index in [9.17, 15) is 4.79 Å². The van der Waals surface area contributed by atoms with Crippen LogP contribution < -0.4 is 4.74 Å². The lowest BCUT2D eigenvalue weighted by atomic mass is 9.98. The van der Waals surface area contributed by atoms with Crippen LogP contribution in [0.5, 0.6) is 5.75 Å². The standard InChI is InChI=1S/C25H22N4O2S/c1-17(30)29-23(15-22(26-29)18-8-6-11-20(14-18)31-2)21-16-28(19-9-4-3-5-10-19)27-25(21)24-12-7-13-32-24/h3-14,16,23H,15H2,1-2H3. The fraction of sp³-hybridized carbons (Fsp3) is 0.160. The molecule has 0 radical (unpaired) electrons. The minimum atomic E-state index is -0.233. The number of rotatable bonds is 5.